The fourth-order valence-corrected chi connectivity index (χ4v) is 4.30. The monoisotopic (exact) mass is 300 g/mol. The summed E-state index contributed by atoms with van der Waals surface area (Å²) in [5.41, 5.74) is 5.95. The predicted octanol–water partition coefficient (Wildman–Crippen LogP) is 3.93. The lowest BCUT2D eigenvalue weighted by molar-refractivity contribution is -0.772. The molecule has 0 amide bonds. The van der Waals surface area contributed by atoms with E-state index < -0.39 is 5.09 Å². The van der Waals surface area contributed by atoms with Gasteiger partial charge in [0.05, 0.1) is 0 Å². The maximum Gasteiger partial charge on any atom is 0.294 e. The molecule has 4 unspecified atom stereocenters. The Bertz CT molecular complexity index is 350. The van der Waals surface area contributed by atoms with Gasteiger partial charge in [-0.1, -0.05) is 40.0 Å². The molecule has 1 aliphatic carbocycles. The molecule has 0 aromatic rings. The zero-order valence-corrected chi connectivity index (χ0v) is 14.1. The van der Waals surface area contributed by atoms with Crippen LogP contribution in [0.25, 0.3) is 0 Å². The Morgan fingerprint density at radius 3 is 2.71 bits per heavy atom. The quantitative estimate of drug-likeness (QED) is 0.595. The maximum atomic E-state index is 10.8. The van der Waals surface area contributed by atoms with Crippen molar-refractivity contribution in [3.63, 3.8) is 0 Å². The zero-order valence-electron chi connectivity index (χ0n) is 14.1. The first-order chi connectivity index (χ1) is 9.77. The summed E-state index contributed by atoms with van der Waals surface area (Å²) in [7, 11) is 0. The first-order valence-electron chi connectivity index (χ1n) is 8.28. The molecule has 4 atom stereocenters. The van der Waals surface area contributed by atoms with Crippen LogP contribution in [0.3, 0.4) is 0 Å². The van der Waals surface area contributed by atoms with Crippen molar-refractivity contribution >= 4 is 0 Å². The Morgan fingerprint density at radius 2 is 2.19 bits per heavy atom. The summed E-state index contributed by atoms with van der Waals surface area (Å²) in [6, 6.07) is 0. The van der Waals surface area contributed by atoms with Crippen LogP contribution in [0.4, 0.5) is 0 Å². The summed E-state index contributed by atoms with van der Waals surface area (Å²) < 4.78 is 0. The molecule has 0 aromatic heterocycles. The fourth-order valence-electron chi connectivity index (χ4n) is 4.30. The van der Waals surface area contributed by atoms with Crippen LogP contribution in [0, 0.1) is 26.9 Å². The SMILES string of the molecule is CCCC1(C(C)O[N+](=O)[O-])CC(C)CCCC(C)(CN)C1. The van der Waals surface area contributed by atoms with E-state index >= 15 is 0 Å². The van der Waals surface area contributed by atoms with Gasteiger partial charge in [-0.25, -0.2) is 0 Å². The van der Waals surface area contributed by atoms with Crippen molar-refractivity contribution in [2.45, 2.75) is 78.7 Å². The van der Waals surface area contributed by atoms with E-state index in [2.05, 4.69) is 20.8 Å². The number of hydrogen-bond acceptors (Lipinski definition) is 4. The van der Waals surface area contributed by atoms with Crippen LogP contribution < -0.4 is 5.73 Å². The van der Waals surface area contributed by atoms with Crippen molar-refractivity contribution < 1.29 is 9.92 Å². The second-order valence-electron chi connectivity index (χ2n) is 7.48. The molecule has 0 spiro atoms. The average Bonchev–Trinajstić information content (AvgIpc) is 2.36. The first-order valence-corrected chi connectivity index (χ1v) is 8.28. The van der Waals surface area contributed by atoms with Crippen LogP contribution in [0.2, 0.25) is 0 Å². The van der Waals surface area contributed by atoms with Crippen molar-refractivity contribution in [2.24, 2.45) is 22.5 Å². The molecule has 0 bridgehead atoms. The summed E-state index contributed by atoms with van der Waals surface area (Å²) in [6.07, 6.45) is 6.98. The molecule has 0 heterocycles. The van der Waals surface area contributed by atoms with Gasteiger partial charge in [-0.3, -0.25) is 0 Å². The second kappa shape index (κ2) is 7.43. The molecular weight excluding hydrogens is 268 g/mol. The van der Waals surface area contributed by atoms with Gasteiger partial charge in [-0.15, -0.1) is 10.1 Å². The predicted molar refractivity (Wildman–Crippen MR) is 84.3 cm³/mol. The zero-order chi connectivity index (χ0) is 16.1. The highest BCUT2D eigenvalue weighted by Crippen LogP contribution is 2.50. The molecular formula is C16H32N2O3. The third-order valence-electron chi connectivity index (χ3n) is 5.36. The molecule has 124 valence electrons. The Hall–Kier alpha value is -0.840. The lowest BCUT2D eigenvalue weighted by atomic mass is 9.60. The standard InChI is InChI=1S/C16H32N2O3/c1-5-8-16(14(3)21-18(19)20)10-13(2)7-6-9-15(4,11-16)12-17/h13-14H,5-12,17H2,1-4H3. The number of nitrogens with two attached hydrogens (primary N) is 1. The molecule has 1 aliphatic rings. The van der Waals surface area contributed by atoms with E-state index in [0.717, 1.165) is 32.1 Å². The number of nitrogens with zero attached hydrogens (tertiary/aromatic N) is 1. The van der Waals surface area contributed by atoms with E-state index in [-0.39, 0.29) is 16.9 Å². The van der Waals surface area contributed by atoms with Gasteiger partial charge < -0.3 is 10.6 Å². The van der Waals surface area contributed by atoms with Crippen LogP contribution >= 0.6 is 0 Å². The number of rotatable bonds is 6. The molecule has 0 aromatic carbocycles. The van der Waals surface area contributed by atoms with Crippen LogP contribution in [0.15, 0.2) is 0 Å². The van der Waals surface area contributed by atoms with E-state index in [1.54, 1.807) is 0 Å². The highest BCUT2D eigenvalue weighted by atomic mass is 17.0. The number of hydrogen-bond donors (Lipinski definition) is 1. The Labute approximate surface area is 128 Å². The minimum absolute atomic E-state index is 0.0591. The lowest BCUT2D eigenvalue weighted by Crippen LogP contribution is -2.45. The normalized spacial score (nSPS) is 35.6. The van der Waals surface area contributed by atoms with E-state index in [1.807, 2.05) is 6.92 Å². The fraction of sp³-hybridized carbons (Fsp3) is 1.00. The summed E-state index contributed by atoms with van der Waals surface area (Å²) in [4.78, 5) is 15.8. The Balaban J connectivity index is 3.09. The third kappa shape index (κ3) is 4.83. The molecule has 5 nitrogen and oxygen atoms in total. The van der Waals surface area contributed by atoms with Crippen LogP contribution in [0.1, 0.15) is 72.6 Å². The molecule has 0 radical (unpaired) electrons. The maximum absolute atomic E-state index is 10.8. The van der Waals surface area contributed by atoms with Gasteiger partial charge in [0.15, 0.2) is 0 Å². The van der Waals surface area contributed by atoms with Crippen molar-refractivity contribution in [2.75, 3.05) is 6.54 Å². The topological polar surface area (TPSA) is 78.4 Å². The molecule has 1 fully saturated rings. The molecule has 1 saturated carbocycles. The minimum atomic E-state index is -0.634. The van der Waals surface area contributed by atoms with Gasteiger partial charge in [0.2, 0.25) is 0 Å². The molecule has 2 N–H and O–H groups in total. The Morgan fingerprint density at radius 1 is 1.52 bits per heavy atom. The summed E-state index contributed by atoms with van der Waals surface area (Å²) in [5, 5.41) is 10.2. The van der Waals surface area contributed by atoms with Crippen LogP contribution in [0.5, 0.6) is 0 Å². The van der Waals surface area contributed by atoms with E-state index in [0.29, 0.717) is 12.5 Å². The van der Waals surface area contributed by atoms with E-state index in [4.69, 9.17) is 10.6 Å². The smallest absolute Gasteiger partial charge is 0.294 e. The van der Waals surface area contributed by atoms with Crippen molar-refractivity contribution in [3.05, 3.63) is 10.1 Å². The Kier molecular flexibility index (Phi) is 6.44. The molecule has 5 heteroatoms. The van der Waals surface area contributed by atoms with Crippen LogP contribution in [-0.4, -0.2) is 17.7 Å². The van der Waals surface area contributed by atoms with Gasteiger partial charge in [-0.05, 0) is 55.9 Å². The van der Waals surface area contributed by atoms with Gasteiger partial charge in [0.25, 0.3) is 5.09 Å². The first kappa shape index (κ1) is 18.2. The molecule has 21 heavy (non-hydrogen) atoms. The third-order valence-corrected chi connectivity index (χ3v) is 5.36. The van der Waals surface area contributed by atoms with Gasteiger partial charge >= 0.3 is 0 Å². The van der Waals surface area contributed by atoms with Crippen molar-refractivity contribution in [1.82, 2.24) is 0 Å². The minimum Gasteiger partial charge on any atom is -0.330 e. The summed E-state index contributed by atoms with van der Waals surface area (Å²) in [5.74, 6) is 0.580. The van der Waals surface area contributed by atoms with Gasteiger partial charge in [0, 0.05) is 0 Å². The summed E-state index contributed by atoms with van der Waals surface area (Å²) >= 11 is 0. The van der Waals surface area contributed by atoms with E-state index in [1.165, 1.54) is 12.8 Å². The summed E-state index contributed by atoms with van der Waals surface area (Å²) in [6.45, 7) is 9.13. The van der Waals surface area contributed by atoms with Gasteiger partial charge in [-0.2, -0.15) is 0 Å². The van der Waals surface area contributed by atoms with Gasteiger partial charge in [0.1, 0.15) is 6.10 Å². The highest BCUT2D eigenvalue weighted by molar-refractivity contribution is 4.94. The lowest BCUT2D eigenvalue weighted by Gasteiger charge is -2.47. The van der Waals surface area contributed by atoms with Crippen molar-refractivity contribution in [3.8, 4) is 0 Å². The second-order valence-corrected chi connectivity index (χ2v) is 7.48. The molecule has 0 aliphatic heterocycles. The van der Waals surface area contributed by atoms with E-state index in [9.17, 15) is 10.1 Å². The van der Waals surface area contributed by atoms with Crippen molar-refractivity contribution in [1.29, 1.82) is 0 Å². The molecule has 0 saturated heterocycles. The van der Waals surface area contributed by atoms with Crippen LogP contribution in [-0.2, 0) is 4.84 Å². The molecule has 1 rings (SSSR count). The highest BCUT2D eigenvalue weighted by Gasteiger charge is 2.44. The largest absolute Gasteiger partial charge is 0.330 e. The average molecular weight is 300 g/mol.